The van der Waals surface area contributed by atoms with Crippen molar-refractivity contribution in [1.82, 2.24) is 15.5 Å². The molecule has 1 unspecified atom stereocenters. The molecule has 0 aliphatic carbocycles. The molecule has 0 radical (unpaired) electrons. The van der Waals surface area contributed by atoms with E-state index in [1.165, 1.54) is 12.0 Å². The molecule has 0 bridgehead atoms. The number of carbonyl (C=O) groups is 1. The third kappa shape index (κ3) is 5.43. The highest BCUT2D eigenvalue weighted by atomic mass is 16.1. The fourth-order valence-electron chi connectivity index (χ4n) is 3.03. The minimum Gasteiger partial charge on any atom is -0.358 e. The number of nitrogens with zero attached hydrogens (tertiary/aromatic N) is 1. The lowest BCUT2D eigenvalue weighted by molar-refractivity contribution is -0.122. The summed E-state index contributed by atoms with van der Waals surface area (Å²) in [5.74, 6) is 0.713. The zero-order valence-corrected chi connectivity index (χ0v) is 13.8. The summed E-state index contributed by atoms with van der Waals surface area (Å²) < 4.78 is 0. The van der Waals surface area contributed by atoms with Gasteiger partial charge in [0.15, 0.2) is 0 Å². The topological polar surface area (TPSA) is 44.4 Å². The number of amides is 1. The third-order valence-corrected chi connectivity index (χ3v) is 4.61. The van der Waals surface area contributed by atoms with Gasteiger partial charge in [0.05, 0.1) is 6.54 Å². The molecule has 2 N–H and O–H groups in total. The van der Waals surface area contributed by atoms with Gasteiger partial charge in [-0.15, -0.1) is 0 Å². The number of likely N-dealkylation sites (N-methyl/N-ethyl adjacent to an activating group) is 1. The number of benzene rings is 1. The van der Waals surface area contributed by atoms with Gasteiger partial charge in [-0.3, -0.25) is 9.69 Å². The van der Waals surface area contributed by atoms with Crippen LogP contribution < -0.4 is 10.6 Å². The van der Waals surface area contributed by atoms with Crippen LogP contribution >= 0.6 is 0 Å². The largest absolute Gasteiger partial charge is 0.358 e. The van der Waals surface area contributed by atoms with Crippen molar-refractivity contribution in [2.75, 3.05) is 33.2 Å². The first kappa shape index (κ1) is 17.0. The average Bonchev–Trinajstić information content (AvgIpc) is 2.57. The van der Waals surface area contributed by atoms with Crippen LogP contribution in [0.5, 0.6) is 0 Å². The maximum absolute atomic E-state index is 11.4. The average molecular weight is 303 g/mol. The summed E-state index contributed by atoms with van der Waals surface area (Å²) >= 11 is 0. The fraction of sp³-hybridized carbons (Fsp3) is 0.611. The van der Waals surface area contributed by atoms with Gasteiger partial charge in [-0.25, -0.2) is 0 Å². The molecule has 4 heteroatoms. The maximum Gasteiger partial charge on any atom is 0.233 e. The highest BCUT2D eigenvalue weighted by molar-refractivity contribution is 5.77. The number of carbonyl (C=O) groups excluding carboxylic acids is 1. The van der Waals surface area contributed by atoms with Gasteiger partial charge < -0.3 is 10.6 Å². The van der Waals surface area contributed by atoms with Crippen LogP contribution in [0.15, 0.2) is 30.3 Å². The van der Waals surface area contributed by atoms with Gasteiger partial charge >= 0.3 is 0 Å². The molecule has 122 valence electrons. The lowest BCUT2D eigenvalue weighted by Gasteiger charge is -2.32. The Balaban J connectivity index is 1.62. The summed E-state index contributed by atoms with van der Waals surface area (Å²) in [6.45, 7) is 5.92. The zero-order chi connectivity index (χ0) is 15.8. The van der Waals surface area contributed by atoms with Crippen molar-refractivity contribution >= 4 is 5.91 Å². The van der Waals surface area contributed by atoms with E-state index in [1.807, 2.05) is 0 Å². The molecular weight excluding hydrogens is 274 g/mol. The van der Waals surface area contributed by atoms with Crippen LogP contribution in [0.25, 0.3) is 0 Å². The van der Waals surface area contributed by atoms with Crippen molar-refractivity contribution in [3.8, 4) is 0 Å². The van der Waals surface area contributed by atoms with Gasteiger partial charge in [0, 0.05) is 26.2 Å². The van der Waals surface area contributed by atoms with E-state index in [-0.39, 0.29) is 5.91 Å². The fourth-order valence-corrected chi connectivity index (χ4v) is 3.03. The molecule has 22 heavy (non-hydrogen) atoms. The van der Waals surface area contributed by atoms with E-state index in [1.54, 1.807) is 7.05 Å². The van der Waals surface area contributed by atoms with Crippen LogP contribution in [0.4, 0.5) is 0 Å². The van der Waals surface area contributed by atoms with E-state index in [9.17, 15) is 4.79 Å². The number of piperidine rings is 1. The SMILES string of the molecule is CNC(=O)CN1CCC(NCCC(C)c2ccccc2)CC1. The molecule has 1 aliphatic heterocycles. The van der Waals surface area contributed by atoms with Gasteiger partial charge in [-0.05, 0) is 37.3 Å². The Morgan fingerprint density at radius 3 is 2.59 bits per heavy atom. The van der Waals surface area contributed by atoms with Crippen molar-refractivity contribution in [3.05, 3.63) is 35.9 Å². The lowest BCUT2D eigenvalue weighted by atomic mass is 9.97. The van der Waals surface area contributed by atoms with E-state index in [2.05, 4.69) is 52.8 Å². The van der Waals surface area contributed by atoms with Gasteiger partial charge in [0.1, 0.15) is 0 Å². The van der Waals surface area contributed by atoms with Crippen LogP contribution in [0.3, 0.4) is 0 Å². The molecule has 1 fully saturated rings. The lowest BCUT2D eigenvalue weighted by Crippen LogP contribution is -2.45. The molecule has 1 aliphatic rings. The summed E-state index contributed by atoms with van der Waals surface area (Å²) in [4.78, 5) is 13.6. The van der Waals surface area contributed by atoms with Crippen molar-refractivity contribution in [3.63, 3.8) is 0 Å². The van der Waals surface area contributed by atoms with Crippen LogP contribution in [-0.4, -0.2) is 50.1 Å². The first-order valence-electron chi connectivity index (χ1n) is 8.40. The molecule has 0 spiro atoms. The van der Waals surface area contributed by atoms with Crippen molar-refractivity contribution in [2.45, 2.75) is 38.1 Å². The highest BCUT2D eigenvalue weighted by Crippen LogP contribution is 2.18. The molecule has 1 heterocycles. The molecule has 1 atom stereocenters. The molecule has 0 saturated carbocycles. The highest BCUT2D eigenvalue weighted by Gasteiger charge is 2.20. The summed E-state index contributed by atoms with van der Waals surface area (Å²) in [6.07, 6.45) is 3.44. The number of nitrogens with one attached hydrogen (secondary N) is 2. The van der Waals surface area contributed by atoms with Crippen LogP contribution in [0, 0.1) is 0 Å². The Hall–Kier alpha value is -1.39. The van der Waals surface area contributed by atoms with Crippen molar-refractivity contribution < 1.29 is 4.79 Å². The quantitative estimate of drug-likeness (QED) is 0.809. The Labute approximate surface area is 134 Å². The van der Waals surface area contributed by atoms with Crippen LogP contribution in [-0.2, 0) is 4.79 Å². The number of hydrogen-bond donors (Lipinski definition) is 2. The summed E-state index contributed by atoms with van der Waals surface area (Å²) in [5, 5.41) is 6.37. The normalized spacial score (nSPS) is 18.1. The van der Waals surface area contributed by atoms with Crippen LogP contribution in [0.2, 0.25) is 0 Å². The Morgan fingerprint density at radius 1 is 1.27 bits per heavy atom. The maximum atomic E-state index is 11.4. The Bertz CT molecular complexity index is 441. The molecule has 1 amide bonds. The summed E-state index contributed by atoms with van der Waals surface area (Å²) in [6, 6.07) is 11.3. The first-order valence-corrected chi connectivity index (χ1v) is 8.40. The van der Waals surface area contributed by atoms with E-state index < -0.39 is 0 Å². The second-order valence-electron chi connectivity index (χ2n) is 6.28. The van der Waals surface area contributed by atoms with Gasteiger partial charge in [0.2, 0.25) is 5.91 Å². The summed E-state index contributed by atoms with van der Waals surface area (Å²) in [5.41, 5.74) is 1.42. The molecule has 1 aromatic rings. The molecule has 0 aromatic heterocycles. The first-order chi connectivity index (χ1) is 10.7. The Kier molecular flexibility index (Phi) is 6.87. The summed E-state index contributed by atoms with van der Waals surface area (Å²) in [7, 11) is 1.70. The number of hydrogen-bond acceptors (Lipinski definition) is 3. The third-order valence-electron chi connectivity index (χ3n) is 4.61. The molecule has 1 aromatic carbocycles. The molecule has 1 saturated heterocycles. The van der Waals surface area contributed by atoms with Gasteiger partial charge in [0.25, 0.3) is 0 Å². The molecule has 2 rings (SSSR count). The predicted octanol–water partition coefficient (Wildman–Crippen LogP) is 1.98. The smallest absolute Gasteiger partial charge is 0.233 e. The number of likely N-dealkylation sites (tertiary alicyclic amines) is 1. The molecule has 4 nitrogen and oxygen atoms in total. The second-order valence-corrected chi connectivity index (χ2v) is 6.28. The van der Waals surface area contributed by atoms with Crippen LogP contribution in [0.1, 0.15) is 37.7 Å². The zero-order valence-electron chi connectivity index (χ0n) is 13.8. The second kappa shape index (κ2) is 8.91. The minimum atomic E-state index is 0.114. The standard InChI is InChI=1S/C18H29N3O/c1-15(16-6-4-3-5-7-16)8-11-20-17-9-12-21(13-10-17)14-18(22)19-2/h3-7,15,17,20H,8-14H2,1-2H3,(H,19,22). The van der Waals surface area contributed by atoms with Gasteiger partial charge in [-0.1, -0.05) is 37.3 Å². The van der Waals surface area contributed by atoms with E-state index in [0.29, 0.717) is 18.5 Å². The van der Waals surface area contributed by atoms with Crippen molar-refractivity contribution in [1.29, 1.82) is 0 Å². The molecular formula is C18H29N3O. The number of rotatable bonds is 7. The van der Waals surface area contributed by atoms with E-state index in [0.717, 1.165) is 32.5 Å². The van der Waals surface area contributed by atoms with E-state index >= 15 is 0 Å². The van der Waals surface area contributed by atoms with Gasteiger partial charge in [-0.2, -0.15) is 0 Å². The monoisotopic (exact) mass is 303 g/mol. The minimum absolute atomic E-state index is 0.114. The van der Waals surface area contributed by atoms with E-state index in [4.69, 9.17) is 0 Å². The van der Waals surface area contributed by atoms with Crippen molar-refractivity contribution in [2.24, 2.45) is 0 Å². The Morgan fingerprint density at radius 2 is 1.95 bits per heavy atom. The predicted molar refractivity (Wildman–Crippen MR) is 91.0 cm³/mol.